The van der Waals surface area contributed by atoms with E-state index in [9.17, 15) is 4.57 Å². The van der Waals surface area contributed by atoms with E-state index in [4.69, 9.17) is 9.05 Å². The highest BCUT2D eigenvalue weighted by molar-refractivity contribution is 7.62. The van der Waals surface area contributed by atoms with Gasteiger partial charge in [0.2, 0.25) is 5.44 Å². The van der Waals surface area contributed by atoms with Crippen molar-refractivity contribution in [2.24, 2.45) is 0 Å². The van der Waals surface area contributed by atoms with Gasteiger partial charge in [0, 0.05) is 10.9 Å². The van der Waals surface area contributed by atoms with Crippen LogP contribution < -0.4 is 5.44 Å². The van der Waals surface area contributed by atoms with Gasteiger partial charge in [-0.15, -0.1) is 10.2 Å². The van der Waals surface area contributed by atoms with Crippen molar-refractivity contribution in [2.45, 2.75) is 13.8 Å². The van der Waals surface area contributed by atoms with Crippen molar-refractivity contribution < 1.29 is 13.6 Å². The van der Waals surface area contributed by atoms with Gasteiger partial charge in [0.05, 0.1) is 18.7 Å². The third-order valence-electron chi connectivity index (χ3n) is 4.12. The van der Waals surface area contributed by atoms with Gasteiger partial charge in [-0.1, -0.05) is 42.5 Å². The average Bonchev–Trinajstić information content (AvgIpc) is 3.07. The Labute approximate surface area is 156 Å². The number of benzene rings is 2. The summed E-state index contributed by atoms with van der Waals surface area (Å²) in [5.74, 6) is 0. The van der Waals surface area contributed by atoms with Crippen LogP contribution in [-0.4, -0.2) is 33.0 Å². The minimum absolute atomic E-state index is 0.165. The zero-order valence-corrected chi connectivity index (χ0v) is 16.0. The van der Waals surface area contributed by atoms with E-state index >= 15 is 0 Å². The van der Waals surface area contributed by atoms with Crippen LogP contribution in [0.3, 0.4) is 0 Å². The lowest BCUT2D eigenvalue weighted by Gasteiger charge is -2.19. The Hall–Kier alpha value is -2.60. The quantitative estimate of drug-likeness (QED) is 0.472. The number of fused-ring (bicyclic) bond motifs is 3. The summed E-state index contributed by atoms with van der Waals surface area (Å²) in [6, 6.07) is 17.2. The van der Waals surface area contributed by atoms with E-state index in [1.807, 2.05) is 54.6 Å². The van der Waals surface area contributed by atoms with Crippen LogP contribution in [0.25, 0.3) is 27.8 Å². The van der Waals surface area contributed by atoms with Crippen LogP contribution in [0.5, 0.6) is 0 Å². The maximum Gasteiger partial charge on any atom is 0.383 e. The number of hydrogen-bond donors (Lipinski definition) is 0. The number of rotatable bonds is 6. The molecule has 0 bridgehead atoms. The van der Waals surface area contributed by atoms with Crippen LogP contribution in [0.4, 0.5) is 0 Å². The molecule has 0 amide bonds. The topological polar surface area (TPSA) is 78.6 Å². The van der Waals surface area contributed by atoms with Crippen molar-refractivity contribution in [1.29, 1.82) is 0 Å². The monoisotopic (exact) mass is 382 g/mol. The standard InChI is InChI=1S/C19H19N4O3P/c1-3-25-27(24,26-4-2)19-17(14-10-6-5-7-11-14)23-18(20-21-19)15-12-8-9-13-16(15)22-23/h5-13H,3-4H2,1-2H3. The molecular formula is C19H19N4O3P. The van der Waals surface area contributed by atoms with Crippen molar-refractivity contribution in [3.8, 4) is 11.3 Å². The summed E-state index contributed by atoms with van der Waals surface area (Å²) in [5.41, 5.74) is 2.90. The Kier molecular flexibility index (Phi) is 4.74. The highest BCUT2D eigenvalue weighted by atomic mass is 31.2. The Morgan fingerprint density at radius 1 is 0.926 bits per heavy atom. The molecule has 2 aromatic carbocycles. The molecule has 0 N–H and O–H groups in total. The molecule has 2 aromatic heterocycles. The molecule has 27 heavy (non-hydrogen) atoms. The molecule has 0 atom stereocenters. The van der Waals surface area contributed by atoms with Gasteiger partial charge in [-0.25, -0.2) is 4.52 Å². The molecule has 2 heterocycles. The molecular weight excluding hydrogens is 363 g/mol. The molecule has 0 saturated heterocycles. The first-order chi connectivity index (χ1) is 13.2. The fourth-order valence-electron chi connectivity index (χ4n) is 3.04. The summed E-state index contributed by atoms with van der Waals surface area (Å²) in [5, 5.41) is 14.1. The Balaban J connectivity index is 2.10. The van der Waals surface area contributed by atoms with Crippen molar-refractivity contribution >= 4 is 29.6 Å². The molecule has 0 aliphatic heterocycles. The van der Waals surface area contributed by atoms with Gasteiger partial charge in [-0.2, -0.15) is 5.10 Å². The maximum absolute atomic E-state index is 13.5. The van der Waals surface area contributed by atoms with Crippen molar-refractivity contribution in [2.75, 3.05) is 13.2 Å². The smallest absolute Gasteiger partial charge is 0.304 e. The molecule has 4 aromatic rings. The van der Waals surface area contributed by atoms with Crippen LogP contribution in [0.15, 0.2) is 54.6 Å². The molecule has 8 heteroatoms. The number of hydrogen-bond acceptors (Lipinski definition) is 6. The van der Waals surface area contributed by atoms with E-state index in [-0.39, 0.29) is 18.6 Å². The van der Waals surface area contributed by atoms with E-state index in [1.54, 1.807) is 18.4 Å². The third-order valence-corrected chi connectivity index (χ3v) is 6.14. The molecule has 0 unspecified atom stereocenters. The second kappa shape index (κ2) is 7.19. The number of aromatic nitrogens is 4. The van der Waals surface area contributed by atoms with Gasteiger partial charge >= 0.3 is 7.60 Å². The minimum atomic E-state index is -3.66. The Morgan fingerprint density at radius 2 is 1.59 bits per heavy atom. The van der Waals surface area contributed by atoms with Gasteiger partial charge in [0.25, 0.3) is 0 Å². The molecule has 0 aliphatic carbocycles. The summed E-state index contributed by atoms with van der Waals surface area (Å²) in [6.45, 7) is 3.99. The van der Waals surface area contributed by atoms with Crippen LogP contribution in [-0.2, 0) is 13.6 Å². The SMILES string of the molecule is CCOP(=O)(OCC)c1nnc2c3ccccc3nn2c1-c1ccccc1. The molecule has 0 aliphatic rings. The number of nitrogens with zero attached hydrogens (tertiary/aromatic N) is 4. The Morgan fingerprint density at radius 3 is 2.30 bits per heavy atom. The summed E-state index contributed by atoms with van der Waals surface area (Å²) in [4.78, 5) is 0. The van der Waals surface area contributed by atoms with Gasteiger partial charge in [-0.05, 0) is 26.0 Å². The predicted molar refractivity (Wildman–Crippen MR) is 104 cm³/mol. The summed E-state index contributed by atoms with van der Waals surface area (Å²) in [6.07, 6.45) is 0. The normalized spacial score (nSPS) is 12.1. The van der Waals surface area contributed by atoms with E-state index in [0.29, 0.717) is 11.3 Å². The van der Waals surface area contributed by atoms with Crippen molar-refractivity contribution in [1.82, 2.24) is 19.8 Å². The lowest BCUT2D eigenvalue weighted by Crippen LogP contribution is -2.22. The van der Waals surface area contributed by atoms with E-state index in [2.05, 4.69) is 15.3 Å². The molecule has 0 radical (unpaired) electrons. The lowest BCUT2D eigenvalue weighted by atomic mass is 10.2. The minimum Gasteiger partial charge on any atom is -0.304 e. The first-order valence-electron chi connectivity index (χ1n) is 8.77. The largest absolute Gasteiger partial charge is 0.383 e. The zero-order chi connectivity index (χ0) is 18.9. The summed E-state index contributed by atoms with van der Waals surface area (Å²) in [7, 11) is -3.66. The van der Waals surface area contributed by atoms with Crippen LogP contribution in [0, 0.1) is 0 Å². The van der Waals surface area contributed by atoms with E-state index < -0.39 is 7.60 Å². The molecule has 0 saturated carbocycles. The fourth-order valence-corrected chi connectivity index (χ4v) is 4.68. The van der Waals surface area contributed by atoms with Gasteiger partial charge in [0.15, 0.2) is 5.65 Å². The van der Waals surface area contributed by atoms with Crippen molar-refractivity contribution in [3.63, 3.8) is 0 Å². The second-order valence-corrected chi connectivity index (χ2v) is 7.76. The molecule has 4 rings (SSSR count). The first-order valence-corrected chi connectivity index (χ1v) is 10.3. The highest BCUT2D eigenvalue weighted by Gasteiger charge is 2.35. The average molecular weight is 382 g/mol. The Bertz CT molecular complexity index is 1130. The van der Waals surface area contributed by atoms with Gasteiger partial charge < -0.3 is 9.05 Å². The highest BCUT2D eigenvalue weighted by Crippen LogP contribution is 2.48. The van der Waals surface area contributed by atoms with Crippen LogP contribution >= 0.6 is 7.60 Å². The molecule has 0 fully saturated rings. The van der Waals surface area contributed by atoms with E-state index in [1.165, 1.54) is 0 Å². The van der Waals surface area contributed by atoms with Crippen molar-refractivity contribution in [3.05, 3.63) is 54.6 Å². The van der Waals surface area contributed by atoms with Gasteiger partial charge in [-0.3, -0.25) is 4.57 Å². The van der Waals surface area contributed by atoms with E-state index in [0.717, 1.165) is 16.5 Å². The summed E-state index contributed by atoms with van der Waals surface area (Å²) >= 11 is 0. The maximum atomic E-state index is 13.5. The zero-order valence-electron chi connectivity index (χ0n) is 15.1. The third kappa shape index (κ3) is 3.04. The molecule has 138 valence electrons. The van der Waals surface area contributed by atoms with Crippen LogP contribution in [0.2, 0.25) is 0 Å². The predicted octanol–water partition coefficient (Wildman–Crippen LogP) is 3.84. The summed E-state index contributed by atoms with van der Waals surface area (Å²) < 4.78 is 26.2. The second-order valence-electron chi connectivity index (χ2n) is 5.82. The first kappa shape index (κ1) is 17.8. The molecule has 0 spiro atoms. The lowest BCUT2D eigenvalue weighted by molar-refractivity contribution is 0.229. The van der Waals surface area contributed by atoms with Gasteiger partial charge in [0.1, 0.15) is 5.69 Å². The molecule has 7 nitrogen and oxygen atoms in total. The van der Waals surface area contributed by atoms with Crippen LogP contribution in [0.1, 0.15) is 13.8 Å². The fraction of sp³-hybridized carbons (Fsp3) is 0.211.